The Hall–Kier alpha value is -1.59. The molecule has 0 aromatic rings. The van der Waals surface area contributed by atoms with Crippen LogP contribution in [0.2, 0.25) is 0 Å². The third-order valence-electron chi connectivity index (χ3n) is 6.12. The highest BCUT2D eigenvalue weighted by molar-refractivity contribution is 5.77. The van der Waals surface area contributed by atoms with Crippen molar-refractivity contribution in [3.63, 3.8) is 0 Å². The molecule has 200 valence electrons. The lowest BCUT2D eigenvalue weighted by atomic mass is 10.1. The van der Waals surface area contributed by atoms with Crippen LogP contribution in [0.15, 0.2) is 0 Å². The van der Waals surface area contributed by atoms with Gasteiger partial charge < -0.3 is 15.4 Å². The highest BCUT2D eigenvalue weighted by Crippen LogP contribution is 2.11. The lowest BCUT2D eigenvalue weighted by Gasteiger charge is -2.07. The van der Waals surface area contributed by atoms with E-state index in [9.17, 15) is 14.4 Å². The number of hydrogen-bond donors (Lipinski definition) is 2. The maximum absolute atomic E-state index is 11.9. The van der Waals surface area contributed by atoms with Crippen molar-refractivity contribution in [1.29, 1.82) is 0 Å². The Bertz CT molecular complexity index is 497. The third-order valence-corrected chi connectivity index (χ3v) is 6.12. The van der Waals surface area contributed by atoms with Crippen molar-refractivity contribution >= 4 is 17.8 Å². The summed E-state index contributed by atoms with van der Waals surface area (Å²) in [7, 11) is 0. The molecule has 0 atom stereocenters. The van der Waals surface area contributed by atoms with Gasteiger partial charge in [0.05, 0.1) is 6.61 Å². The Morgan fingerprint density at radius 2 is 0.853 bits per heavy atom. The summed E-state index contributed by atoms with van der Waals surface area (Å²) in [6.45, 7) is 5.56. The summed E-state index contributed by atoms with van der Waals surface area (Å²) in [4.78, 5) is 35.0. The molecule has 0 spiro atoms. The van der Waals surface area contributed by atoms with Crippen LogP contribution in [0.4, 0.5) is 0 Å². The van der Waals surface area contributed by atoms with Gasteiger partial charge in [0.15, 0.2) is 0 Å². The van der Waals surface area contributed by atoms with Crippen LogP contribution in [0.1, 0.15) is 142 Å². The summed E-state index contributed by atoms with van der Waals surface area (Å²) >= 11 is 0. The van der Waals surface area contributed by atoms with Crippen molar-refractivity contribution in [3.05, 3.63) is 0 Å². The van der Waals surface area contributed by atoms with Gasteiger partial charge in [-0.25, -0.2) is 0 Å². The van der Waals surface area contributed by atoms with Gasteiger partial charge in [-0.3, -0.25) is 14.4 Å². The molecule has 0 aromatic carbocycles. The summed E-state index contributed by atoms with van der Waals surface area (Å²) < 4.78 is 4.92. The molecule has 2 N–H and O–H groups in total. The van der Waals surface area contributed by atoms with Crippen molar-refractivity contribution in [2.75, 3.05) is 19.7 Å². The van der Waals surface area contributed by atoms with Crippen LogP contribution < -0.4 is 10.6 Å². The van der Waals surface area contributed by atoms with E-state index in [1.807, 2.05) is 6.92 Å². The molecule has 0 aliphatic rings. The highest BCUT2D eigenvalue weighted by atomic mass is 16.5. The number of carbonyl (C=O) groups excluding carboxylic acids is 3. The monoisotopic (exact) mass is 482 g/mol. The number of esters is 1. The fourth-order valence-corrected chi connectivity index (χ4v) is 4.03. The van der Waals surface area contributed by atoms with Gasteiger partial charge in [0.25, 0.3) is 0 Å². The molecule has 0 heterocycles. The van der Waals surface area contributed by atoms with Crippen LogP contribution in [0, 0.1) is 0 Å². The number of amides is 2. The Morgan fingerprint density at radius 3 is 1.24 bits per heavy atom. The molecule has 0 aromatic heterocycles. The van der Waals surface area contributed by atoms with Crippen molar-refractivity contribution in [2.24, 2.45) is 0 Å². The van der Waals surface area contributed by atoms with E-state index in [2.05, 4.69) is 17.6 Å². The van der Waals surface area contributed by atoms with Crippen LogP contribution in [0.5, 0.6) is 0 Å². The van der Waals surface area contributed by atoms with Gasteiger partial charge in [0.1, 0.15) is 0 Å². The number of ether oxygens (including phenoxy) is 1. The smallest absolute Gasteiger partial charge is 0.305 e. The maximum Gasteiger partial charge on any atom is 0.305 e. The van der Waals surface area contributed by atoms with E-state index in [0.29, 0.717) is 39.0 Å². The maximum atomic E-state index is 11.9. The lowest BCUT2D eigenvalue weighted by Crippen LogP contribution is -2.34. The fraction of sp³-hybridized carbons (Fsp3) is 0.893. The zero-order chi connectivity index (χ0) is 25.1. The molecule has 0 radical (unpaired) electrons. The van der Waals surface area contributed by atoms with E-state index in [4.69, 9.17) is 4.74 Å². The molecule has 0 unspecified atom stereocenters. The minimum absolute atomic E-state index is 0.0761. The van der Waals surface area contributed by atoms with Gasteiger partial charge >= 0.3 is 5.97 Å². The molecule has 0 saturated carbocycles. The van der Waals surface area contributed by atoms with E-state index >= 15 is 0 Å². The zero-order valence-electron chi connectivity index (χ0n) is 22.4. The molecule has 0 aliphatic heterocycles. The van der Waals surface area contributed by atoms with Crippen molar-refractivity contribution in [3.8, 4) is 0 Å². The lowest BCUT2D eigenvalue weighted by molar-refractivity contribution is -0.143. The van der Waals surface area contributed by atoms with Crippen LogP contribution in [0.25, 0.3) is 0 Å². The molecule has 2 amide bonds. The zero-order valence-corrected chi connectivity index (χ0v) is 22.4. The summed E-state index contributed by atoms with van der Waals surface area (Å²) in [6, 6.07) is 0. The van der Waals surface area contributed by atoms with Gasteiger partial charge in [0, 0.05) is 32.4 Å². The first-order valence-electron chi connectivity index (χ1n) is 14.3. The standard InChI is InChI=1S/C28H54N2O4/c1-3-5-6-7-8-9-12-15-18-21-26(31)29-24-25-30-27(32)22-19-16-13-10-11-14-17-20-23-28(33)34-4-2/h3-25H2,1-2H3,(H,29,31)(H,30,32). The Morgan fingerprint density at radius 1 is 0.500 bits per heavy atom. The minimum Gasteiger partial charge on any atom is -0.466 e. The topological polar surface area (TPSA) is 84.5 Å². The molecule has 0 saturated heterocycles. The normalized spacial score (nSPS) is 10.8. The molecule has 0 bridgehead atoms. The summed E-state index contributed by atoms with van der Waals surface area (Å²) in [5, 5.41) is 5.80. The van der Waals surface area contributed by atoms with Gasteiger partial charge in [-0.2, -0.15) is 0 Å². The molecular weight excluding hydrogens is 428 g/mol. The molecule has 0 fully saturated rings. The van der Waals surface area contributed by atoms with E-state index in [0.717, 1.165) is 51.4 Å². The van der Waals surface area contributed by atoms with Crippen molar-refractivity contribution < 1.29 is 19.1 Å². The Labute approximate surface area is 209 Å². The molecule has 6 heteroatoms. The van der Waals surface area contributed by atoms with Gasteiger partial charge in [-0.15, -0.1) is 0 Å². The van der Waals surface area contributed by atoms with Crippen LogP contribution >= 0.6 is 0 Å². The predicted molar refractivity (Wildman–Crippen MR) is 141 cm³/mol. The second kappa shape index (κ2) is 26.0. The quantitative estimate of drug-likeness (QED) is 0.113. The SMILES string of the molecule is CCCCCCCCCCCC(=O)NCCNC(=O)CCCCCCCCCCC(=O)OCC. The average molecular weight is 483 g/mol. The first-order valence-corrected chi connectivity index (χ1v) is 14.3. The second-order valence-electron chi connectivity index (χ2n) is 9.41. The number of unbranched alkanes of at least 4 members (excludes halogenated alkanes) is 15. The third kappa shape index (κ3) is 25.0. The summed E-state index contributed by atoms with van der Waals surface area (Å²) in [5.41, 5.74) is 0. The van der Waals surface area contributed by atoms with E-state index in [1.54, 1.807) is 0 Å². The fourth-order valence-electron chi connectivity index (χ4n) is 4.03. The number of carbonyl (C=O) groups is 3. The van der Waals surface area contributed by atoms with Crippen LogP contribution in [-0.4, -0.2) is 37.5 Å². The number of rotatable bonds is 25. The second-order valence-corrected chi connectivity index (χ2v) is 9.41. The molecule has 6 nitrogen and oxygen atoms in total. The van der Waals surface area contributed by atoms with E-state index in [-0.39, 0.29) is 17.8 Å². The van der Waals surface area contributed by atoms with Gasteiger partial charge in [-0.05, 0) is 26.2 Å². The minimum atomic E-state index is -0.0859. The number of nitrogens with one attached hydrogen (secondary N) is 2. The summed E-state index contributed by atoms with van der Waals surface area (Å²) in [6.07, 6.45) is 21.6. The first-order chi connectivity index (χ1) is 16.6. The molecular formula is C28H54N2O4. The number of hydrogen-bond acceptors (Lipinski definition) is 4. The predicted octanol–water partition coefficient (Wildman–Crippen LogP) is 6.60. The molecule has 0 rings (SSSR count). The van der Waals surface area contributed by atoms with Crippen molar-refractivity contribution in [1.82, 2.24) is 10.6 Å². The van der Waals surface area contributed by atoms with Crippen LogP contribution in [0.3, 0.4) is 0 Å². The average Bonchev–Trinajstić information content (AvgIpc) is 2.82. The summed E-state index contributed by atoms with van der Waals surface area (Å²) in [5.74, 6) is 0.0856. The Kier molecular flexibility index (Phi) is 24.8. The van der Waals surface area contributed by atoms with Gasteiger partial charge in [-0.1, -0.05) is 96.8 Å². The van der Waals surface area contributed by atoms with E-state index in [1.165, 1.54) is 57.8 Å². The highest BCUT2D eigenvalue weighted by Gasteiger charge is 2.04. The largest absolute Gasteiger partial charge is 0.466 e. The first kappa shape index (κ1) is 32.4. The van der Waals surface area contributed by atoms with Crippen molar-refractivity contribution in [2.45, 2.75) is 142 Å². The van der Waals surface area contributed by atoms with Crippen LogP contribution in [-0.2, 0) is 19.1 Å². The Balaban J connectivity index is 3.32. The molecule has 34 heavy (non-hydrogen) atoms. The molecule has 0 aliphatic carbocycles. The van der Waals surface area contributed by atoms with Gasteiger partial charge in [0.2, 0.25) is 11.8 Å². The van der Waals surface area contributed by atoms with E-state index < -0.39 is 0 Å².